The van der Waals surface area contributed by atoms with E-state index in [0.29, 0.717) is 6.10 Å². The molecule has 1 saturated heterocycles. The summed E-state index contributed by atoms with van der Waals surface area (Å²) in [6.07, 6.45) is 6.18. The van der Waals surface area contributed by atoms with Crippen LogP contribution in [0.25, 0.3) is 0 Å². The number of ether oxygens (including phenoxy) is 1. The Bertz CT molecular complexity index is 143. The van der Waals surface area contributed by atoms with Gasteiger partial charge >= 0.3 is 0 Å². The average molecular weight is 202 g/mol. The smallest absolute Gasteiger partial charge is 0.0781 e. The van der Waals surface area contributed by atoms with E-state index in [-0.39, 0.29) is 18.6 Å². The van der Waals surface area contributed by atoms with Gasteiger partial charge in [-0.25, -0.2) is 0 Å². The van der Waals surface area contributed by atoms with E-state index < -0.39 is 0 Å². The topological polar surface area (TPSA) is 53.0 Å². The van der Waals surface area contributed by atoms with Crippen molar-refractivity contribution < 1.29 is 14.9 Å². The van der Waals surface area contributed by atoms with E-state index in [1.807, 2.05) is 0 Å². The molecule has 2 rings (SSSR count). The van der Waals surface area contributed by atoms with Crippen LogP contribution in [0.2, 0.25) is 0 Å². The van der Waals surface area contributed by atoms with Crippen LogP contribution in [-0.4, -0.2) is 36.1 Å². The molecule has 1 saturated carbocycles. The van der Waals surface area contributed by atoms with Crippen molar-refractivity contribution in [3.63, 3.8) is 0 Å². The predicted octanol–water partition coefficient (Wildman–Crippen LogP) is 1.33. The maximum Gasteiger partial charge on any atom is 0.0781 e. The molecule has 3 nitrogen and oxygen atoms in total. The predicted molar refractivity (Wildman–Crippen MR) is 55.1 cm³/mol. The Balaban J connectivity index is 0.000000203. The molecule has 1 aliphatic heterocycles. The Morgan fingerprint density at radius 3 is 1.79 bits per heavy atom. The Labute approximate surface area is 86.1 Å². The lowest BCUT2D eigenvalue weighted by molar-refractivity contribution is 0.0234. The van der Waals surface area contributed by atoms with Gasteiger partial charge in [0.05, 0.1) is 25.9 Å². The van der Waals surface area contributed by atoms with E-state index in [9.17, 15) is 0 Å². The summed E-state index contributed by atoms with van der Waals surface area (Å²) >= 11 is 0. The van der Waals surface area contributed by atoms with Crippen LogP contribution in [0.1, 0.15) is 39.0 Å². The second-order valence-corrected chi connectivity index (χ2v) is 4.52. The highest BCUT2D eigenvalue weighted by molar-refractivity contribution is 4.80. The maximum atomic E-state index is 8.98. The molecule has 0 aromatic rings. The molecule has 0 radical (unpaired) electrons. The number of hydrogen-bond acceptors (Lipinski definition) is 3. The summed E-state index contributed by atoms with van der Waals surface area (Å²) in [4.78, 5) is 0. The van der Waals surface area contributed by atoms with Crippen LogP contribution in [0.4, 0.5) is 0 Å². The first-order valence-corrected chi connectivity index (χ1v) is 5.56. The van der Waals surface area contributed by atoms with Gasteiger partial charge in [0.2, 0.25) is 0 Å². The molecule has 0 amide bonds. The van der Waals surface area contributed by atoms with Gasteiger partial charge in [-0.05, 0) is 19.8 Å². The van der Waals surface area contributed by atoms with Crippen molar-refractivity contribution >= 4 is 0 Å². The van der Waals surface area contributed by atoms with Crippen molar-refractivity contribution in [2.45, 2.75) is 45.1 Å². The lowest BCUT2D eigenvalue weighted by Gasteiger charge is -2.33. The Morgan fingerprint density at radius 1 is 1.14 bits per heavy atom. The number of hydrogen-bond donors (Lipinski definition) is 2. The van der Waals surface area contributed by atoms with Crippen LogP contribution < -0.4 is 0 Å². The zero-order valence-corrected chi connectivity index (χ0v) is 9.04. The normalized spacial score (nSPS) is 28.9. The number of aliphatic hydroxyl groups excluding tert-OH is 2. The summed E-state index contributed by atoms with van der Waals surface area (Å²) in [5, 5.41) is 18.0. The molecule has 1 aliphatic carbocycles. The zero-order valence-electron chi connectivity index (χ0n) is 9.04. The maximum absolute atomic E-state index is 8.98. The zero-order chi connectivity index (χ0) is 10.4. The fourth-order valence-electron chi connectivity index (χ4n) is 1.76. The van der Waals surface area contributed by atoms with Crippen LogP contribution >= 0.6 is 0 Å². The highest BCUT2D eigenvalue weighted by atomic mass is 16.6. The molecule has 2 N–H and O–H groups in total. The van der Waals surface area contributed by atoms with Crippen molar-refractivity contribution in [2.24, 2.45) is 5.41 Å². The van der Waals surface area contributed by atoms with Gasteiger partial charge in [-0.15, -0.1) is 0 Å². The van der Waals surface area contributed by atoms with E-state index in [2.05, 4.69) is 6.92 Å². The minimum Gasteiger partial charge on any atom is -0.396 e. The monoisotopic (exact) mass is 202 g/mol. The lowest BCUT2D eigenvalue weighted by atomic mass is 9.75. The first-order chi connectivity index (χ1) is 6.72. The van der Waals surface area contributed by atoms with Crippen LogP contribution in [-0.2, 0) is 4.74 Å². The minimum absolute atomic E-state index is 0.127. The second-order valence-electron chi connectivity index (χ2n) is 4.52. The van der Waals surface area contributed by atoms with Crippen LogP contribution in [0.3, 0.4) is 0 Å². The van der Waals surface area contributed by atoms with Crippen molar-refractivity contribution in [3.8, 4) is 0 Å². The summed E-state index contributed by atoms with van der Waals surface area (Å²) in [7, 11) is 0. The van der Waals surface area contributed by atoms with Gasteiger partial charge in [0.25, 0.3) is 0 Å². The average Bonchev–Trinajstić information content (AvgIpc) is 3.03. The molecular weight excluding hydrogens is 180 g/mol. The minimum atomic E-state index is -0.127. The van der Waals surface area contributed by atoms with Crippen molar-refractivity contribution in [1.82, 2.24) is 0 Å². The quantitative estimate of drug-likeness (QED) is 0.664. The summed E-state index contributed by atoms with van der Waals surface area (Å²) in [6.45, 7) is 3.35. The number of rotatable bonds is 2. The largest absolute Gasteiger partial charge is 0.396 e. The van der Waals surface area contributed by atoms with Crippen LogP contribution in [0, 0.1) is 5.41 Å². The second kappa shape index (κ2) is 5.69. The first kappa shape index (κ1) is 12.0. The first-order valence-electron chi connectivity index (χ1n) is 5.56. The Morgan fingerprint density at radius 2 is 1.57 bits per heavy atom. The van der Waals surface area contributed by atoms with Gasteiger partial charge in [0, 0.05) is 5.41 Å². The summed E-state index contributed by atoms with van der Waals surface area (Å²) < 4.78 is 4.71. The molecule has 14 heavy (non-hydrogen) atoms. The highest BCUT2D eigenvalue weighted by Gasteiger charge is 2.30. The van der Waals surface area contributed by atoms with E-state index >= 15 is 0 Å². The lowest BCUT2D eigenvalue weighted by Crippen LogP contribution is -2.31. The molecule has 3 heteroatoms. The summed E-state index contributed by atoms with van der Waals surface area (Å²) in [5.41, 5.74) is -0.127. The molecule has 0 bridgehead atoms. The van der Waals surface area contributed by atoms with Crippen molar-refractivity contribution in [1.29, 1.82) is 0 Å². The van der Waals surface area contributed by atoms with Gasteiger partial charge in [-0.2, -0.15) is 0 Å². The van der Waals surface area contributed by atoms with Crippen molar-refractivity contribution in [3.05, 3.63) is 0 Å². The van der Waals surface area contributed by atoms with Gasteiger partial charge < -0.3 is 14.9 Å². The van der Waals surface area contributed by atoms with E-state index in [1.165, 1.54) is 19.3 Å². The van der Waals surface area contributed by atoms with Gasteiger partial charge in [0.1, 0.15) is 0 Å². The summed E-state index contributed by atoms with van der Waals surface area (Å²) in [5.74, 6) is 0. The number of aliphatic hydroxyl groups is 2. The fourth-order valence-corrected chi connectivity index (χ4v) is 1.76. The fraction of sp³-hybridized carbons (Fsp3) is 1.00. The van der Waals surface area contributed by atoms with Gasteiger partial charge in [-0.3, -0.25) is 0 Å². The molecule has 0 aromatic heterocycles. The molecule has 1 unspecified atom stereocenters. The van der Waals surface area contributed by atoms with Crippen LogP contribution in [0.5, 0.6) is 0 Å². The highest BCUT2D eigenvalue weighted by Crippen LogP contribution is 2.34. The molecule has 1 atom stereocenters. The van der Waals surface area contributed by atoms with Gasteiger partial charge in [-0.1, -0.05) is 19.3 Å². The third kappa shape index (κ3) is 3.95. The van der Waals surface area contributed by atoms with E-state index in [0.717, 1.165) is 19.4 Å². The Hall–Kier alpha value is -0.120. The molecule has 1 heterocycles. The standard InChI is InChI=1S/C8H16O2.C3H6O/c9-6-8(7-10)4-2-1-3-5-8;1-3-2-4-3/h9-10H,1-7H2;3H,2H2,1H3. The molecule has 0 spiro atoms. The molecule has 0 aromatic carbocycles. The van der Waals surface area contributed by atoms with Crippen molar-refractivity contribution in [2.75, 3.05) is 19.8 Å². The third-order valence-corrected chi connectivity index (χ3v) is 3.09. The Kier molecular flexibility index (Phi) is 4.85. The third-order valence-electron chi connectivity index (χ3n) is 3.09. The van der Waals surface area contributed by atoms with Crippen LogP contribution in [0.15, 0.2) is 0 Å². The number of epoxide rings is 1. The molecule has 2 fully saturated rings. The summed E-state index contributed by atoms with van der Waals surface area (Å²) in [6, 6.07) is 0. The van der Waals surface area contributed by atoms with Gasteiger partial charge in [0.15, 0.2) is 0 Å². The van der Waals surface area contributed by atoms with E-state index in [1.54, 1.807) is 0 Å². The molecule has 2 aliphatic rings. The molecular formula is C11H22O3. The SMILES string of the molecule is CC1CO1.OCC1(CO)CCCCC1. The van der Waals surface area contributed by atoms with E-state index in [4.69, 9.17) is 14.9 Å². The molecule has 84 valence electrons.